The van der Waals surface area contributed by atoms with Crippen molar-refractivity contribution in [2.75, 3.05) is 14.2 Å². The third-order valence-corrected chi connectivity index (χ3v) is 4.66. The Kier molecular flexibility index (Phi) is 5.39. The summed E-state index contributed by atoms with van der Waals surface area (Å²) in [6, 6.07) is 10.2. The van der Waals surface area contributed by atoms with Crippen LogP contribution in [-0.2, 0) is 4.79 Å². The molecule has 0 aliphatic carbocycles. The predicted octanol–water partition coefficient (Wildman–Crippen LogP) is 3.95. The summed E-state index contributed by atoms with van der Waals surface area (Å²) in [6.07, 6.45) is 1.54. The van der Waals surface area contributed by atoms with Crippen molar-refractivity contribution >= 4 is 46.2 Å². The molecule has 1 aliphatic heterocycles. The molecule has 134 valence electrons. The van der Waals surface area contributed by atoms with E-state index in [0.717, 1.165) is 5.75 Å². The highest BCUT2D eigenvalue weighted by Gasteiger charge is 2.24. The molecular formula is C18H15ClN2O4S. The number of benzene rings is 2. The lowest BCUT2D eigenvalue weighted by molar-refractivity contribution is -0.115. The van der Waals surface area contributed by atoms with Gasteiger partial charge < -0.3 is 19.9 Å². The van der Waals surface area contributed by atoms with Crippen molar-refractivity contribution in [3.8, 4) is 17.2 Å². The molecule has 1 aliphatic rings. The van der Waals surface area contributed by atoms with Gasteiger partial charge in [-0.3, -0.25) is 4.79 Å². The Balaban J connectivity index is 1.86. The molecule has 2 aromatic rings. The van der Waals surface area contributed by atoms with E-state index in [1.165, 1.54) is 24.9 Å². The summed E-state index contributed by atoms with van der Waals surface area (Å²) in [4.78, 5) is 17.0. The average Bonchev–Trinajstić information content (AvgIpc) is 2.97. The number of aliphatic imine (C=N–C) groups is 1. The maximum atomic E-state index is 12.2. The van der Waals surface area contributed by atoms with Crippen LogP contribution in [0.1, 0.15) is 5.56 Å². The first-order valence-corrected chi connectivity index (χ1v) is 8.69. The monoisotopic (exact) mass is 390 g/mol. The number of thioether (sulfide) groups is 1. The Labute approximate surface area is 159 Å². The summed E-state index contributed by atoms with van der Waals surface area (Å²) in [5, 5.41) is 13.7. The van der Waals surface area contributed by atoms with Gasteiger partial charge in [0, 0.05) is 16.7 Å². The lowest BCUT2D eigenvalue weighted by Crippen LogP contribution is -2.19. The van der Waals surface area contributed by atoms with Crippen molar-refractivity contribution in [2.24, 2.45) is 4.99 Å². The zero-order valence-electron chi connectivity index (χ0n) is 13.9. The molecule has 2 N–H and O–H groups in total. The molecule has 8 heteroatoms. The molecule has 0 radical (unpaired) electrons. The number of ether oxygens (including phenoxy) is 2. The summed E-state index contributed by atoms with van der Waals surface area (Å²) < 4.78 is 10.2. The van der Waals surface area contributed by atoms with E-state index in [9.17, 15) is 9.90 Å². The molecule has 2 aromatic carbocycles. The molecule has 0 unspecified atom stereocenters. The van der Waals surface area contributed by atoms with Crippen molar-refractivity contribution in [1.29, 1.82) is 0 Å². The average molecular weight is 391 g/mol. The van der Waals surface area contributed by atoms with E-state index in [2.05, 4.69) is 10.3 Å². The van der Waals surface area contributed by atoms with Crippen molar-refractivity contribution in [2.45, 2.75) is 0 Å². The van der Waals surface area contributed by atoms with E-state index >= 15 is 0 Å². The number of nitrogens with one attached hydrogen (secondary N) is 1. The fourth-order valence-electron chi connectivity index (χ4n) is 2.26. The minimum atomic E-state index is -0.305. The molecule has 0 spiro atoms. The number of hydrogen-bond donors (Lipinski definition) is 2. The molecule has 0 saturated carbocycles. The van der Waals surface area contributed by atoms with Gasteiger partial charge in [-0.25, -0.2) is 4.99 Å². The lowest BCUT2D eigenvalue weighted by Gasteiger charge is -2.07. The van der Waals surface area contributed by atoms with Gasteiger partial charge >= 0.3 is 0 Å². The number of aromatic hydroxyl groups is 1. The van der Waals surface area contributed by atoms with Crippen molar-refractivity contribution in [3.63, 3.8) is 0 Å². The molecule has 0 aromatic heterocycles. The maximum Gasteiger partial charge on any atom is 0.264 e. The smallest absolute Gasteiger partial charge is 0.264 e. The number of nitrogens with zero attached hydrogens (tertiary/aromatic N) is 1. The molecule has 0 atom stereocenters. The molecule has 1 heterocycles. The number of phenols is 1. The number of carbonyl (C=O) groups excluding carboxylic acids is 1. The Morgan fingerprint density at radius 1 is 1.19 bits per heavy atom. The number of phenolic OH excluding ortho intramolecular Hbond substituents is 1. The molecule has 1 fully saturated rings. The van der Waals surface area contributed by atoms with Gasteiger partial charge in [-0.05, 0) is 48.2 Å². The molecule has 1 saturated heterocycles. The highest BCUT2D eigenvalue weighted by molar-refractivity contribution is 8.18. The minimum absolute atomic E-state index is 0.0849. The number of methoxy groups -OCH3 is 2. The number of amidine groups is 1. The van der Waals surface area contributed by atoms with Crippen LogP contribution < -0.4 is 14.8 Å². The Morgan fingerprint density at radius 2 is 1.92 bits per heavy atom. The molecule has 6 nitrogen and oxygen atoms in total. The zero-order valence-corrected chi connectivity index (χ0v) is 15.5. The molecular weight excluding hydrogens is 376 g/mol. The fraction of sp³-hybridized carbons (Fsp3) is 0.111. The normalized spacial score (nSPS) is 16.8. The number of carbonyl (C=O) groups is 1. The fourth-order valence-corrected chi connectivity index (χ4v) is 3.31. The van der Waals surface area contributed by atoms with Crippen LogP contribution >= 0.6 is 23.4 Å². The van der Waals surface area contributed by atoms with E-state index in [-0.39, 0.29) is 17.4 Å². The summed E-state index contributed by atoms with van der Waals surface area (Å²) in [7, 11) is 3.02. The number of hydrogen-bond acceptors (Lipinski definition) is 6. The van der Waals surface area contributed by atoms with Crippen LogP contribution in [-0.4, -0.2) is 30.4 Å². The summed E-state index contributed by atoms with van der Waals surface area (Å²) in [5.74, 6) is 0.571. The minimum Gasteiger partial charge on any atom is -0.504 e. The third kappa shape index (κ3) is 3.95. The Bertz CT molecular complexity index is 910. The van der Waals surface area contributed by atoms with Gasteiger partial charge in [0.15, 0.2) is 16.7 Å². The Morgan fingerprint density at radius 3 is 2.58 bits per heavy atom. The van der Waals surface area contributed by atoms with Crippen LogP contribution in [0.4, 0.5) is 5.69 Å². The van der Waals surface area contributed by atoms with Crippen LogP contribution in [0.2, 0.25) is 5.02 Å². The highest BCUT2D eigenvalue weighted by atomic mass is 35.5. The first-order chi connectivity index (χ1) is 12.5. The number of rotatable bonds is 4. The molecule has 0 bridgehead atoms. The number of halogens is 1. The second-order valence-electron chi connectivity index (χ2n) is 5.23. The first kappa shape index (κ1) is 18.2. The van der Waals surface area contributed by atoms with Crippen LogP contribution in [0.25, 0.3) is 6.08 Å². The SMILES string of the molecule is COc1ccc(N=C2NC(=O)/C(=C\c3cc(Cl)cc(OC)c3O)S2)cc1. The lowest BCUT2D eigenvalue weighted by atomic mass is 10.1. The summed E-state index contributed by atoms with van der Waals surface area (Å²) in [6.45, 7) is 0. The second-order valence-corrected chi connectivity index (χ2v) is 6.69. The van der Waals surface area contributed by atoms with Crippen LogP contribution in [0.3, 0.4) is 0 Å². The zero-order chi connectivity index (χ0) is 18.7. The van der Waals surface area contributed by atoms with Crippen molar-refractivity contribution < 1.29 is 19.4 Å². The standard InChI is InChI=1S/C18H15ClN2O4S/c1-24-13-5-3-12(4-6-13)20-18-21-17(23)15(26-18)8-10-7-11(19)9-14(25-2)16(10)22/h3-9,22H,1-2H3,(H,20,21,23)/b15-8+. The summed E-state index contributed by atoms with van der Waals surface area (Å²) in [5.41, 5.74) is 1.07. The van der Waals surface area contributed by atoms with Crippen LogP contribution in [0.5, 0.6) is 17.2 Å². The van der Waals surface area contributed by atoms with Gasteiger partial charge in [-0.2, -0.15) is 0 Å². The van der Waals surface area contributed by atoms with Gasteiger partial charge in [0.05, 0.1) is 24.8 Å². The maximum absolute atomic E-state index is 12.2. The van der Waals surface area contributed by atoms with Gasteiger partial charge in [0.2, 0.25) is 0 Å². The second kappa shape index (κ2) is 7.72. The largest absolute Gasteiger partial charge is 0.504 e. The van der Waals surface area contributed by atoms with E-state index in [1.54, 1.807) is 43.5 Å². The van der Waals surface area contributed by atoms with E-state index in [0.29, 0.717) is 26.3 Å². The van der Waals surface area contributed by atoms with E-state index in [4.69, 9.17) is 21.1 Å². The molecule has 3 rings (SSSR count). The van der Waals surface area contributed by atoms with Gasteiger partial charge in [-0.1, -0.05) is 11.6 Å². The van der Waals surface area contributed by atoms with Crippen molar-refractivity contribution in [3.05, 3.63) is 51.9 Å². The first-order valence-electron chi connectivity index (χ1n) is 7.50. The van der Waals surface area contributed by atoms with Crippen LogP contribution in [0, 0.1) is 0 Å². The molecule has 1 amide bonds. The van der Waals surface area contributed by atoms with Gasteiger partial charge in [-0.15, -0.1) is 0 Å². The van der Waals surface area contributed by atoms with Crippen LogP contribution in [0.15, 0.2) is 46.3 Å². The quantitative estimate of drug-likeness (QED) is 0.772. The predicted molar refractivity (Wildman–Crippen MR) is 103 cm³/mol. The highest BCUT2D eigenvalue weighted by Crippen LogP contribution is 2.37. The van der Waals surface area contributed by atoms with Crippen molar-refractivity contribution in [1.82, 2.24) is 5.32 Å². The van der Waals surface area contributed by atoms with E-state index < -0.39 is 0 Å². The topological polar surface area (TPSA) is 80.2 Å². The van der Waals surface area contributed by atoms with Gasteiger partial charge in [0.25, 0.3) is 5.91 Å². The molecule has 26 heavy (non-hydrogen) atoms. The Hall–Kier alpha value is -2.64. The van der Waals surface area contributed by atoms with E-state index in [1.807, 2.05) is 0 Å². The third-order valence-electron chi connectivity index (χ3n) is 3.53. The number of amides is 1. The summed E-state index contributed by atoms with van der Waals surface area (Å²) >= 11 is 7.19. The van der Waals surface area contributed by atoms with Gasteiger partial charge in [0.1, 0.15) is 5.75 Å².